The third kappa shape index (κ3) is 5.73. The van der Waals surface area contributed by atoms with E-state index < -0.39 is 0 Å². The highest BCUT2D eigenvalue weighted by Crippen LogP contribution is 2.39. The van der Waals surface area contributed by atoms with Crippen LogP contribution >= 0.6 is 23.1 Å². The molecule has 1 aromatic heterocycles. The maximum Gasteiger partial charge on any atom is 0.242 e. The minimum absolute atomic E-state index is 0.0107. The number of benzene rings is 2. The van der Waals surface area contributed by atoms with Crippen LogP contribution in [0.2, 0.25) is 0 Å². The van der Waals surface area contributed by atoms with Crippen LogP contribution in [0.4, 0.5) is 0 Å². The van der Waals surface area contributed by atoms with E-state index in [1.807, 2.05) is 47.4 Å². The summed E-state index contributed by atoms with van der Waals surface area (Å²) in [6, 6.07) is 20.3. The second-order valence-electron chi connectivity index (χ2n) is 9.17. The number of hydrogen-bond acceptors (Lipinski definition) is 4. The van der Waals surface area contributed by atoms with Gasteiger partial charge in [0.1, 0.15) is 0 Å². The molecule has 0 fully saturated rings. The first kappa shape index (κ1) is 24.6. The van der Waals surface area contributed by atoms with Gasteiger partial charge in [-0.05, 0) is 59.5 Å². The van der Waals surface area contributed by atoms with E-state index in [2.05, 4.69) is 44.4 Å². The van der Waals surface area contributed by atoms with E-state index in [9.17, 15) is 9.59 Å². The zero-order chi connectivity index (χ0) is 24.1. The highest BCUT2D eigenvalue weighted by atomic mass is 32.2. The molecule has 0 aliphatic carbocycles. The molecule has 2 aromatic carbocycles. The van der Waals surface area contributed by atoms with E-state index in [1.165, 1.54) is 27.8 Å². The molecule has 1 unspecified atom stereocenters. The Morgan fingerprint density at radius 1 is 1.06 bits per heavy atom. The predicted molar refractivity (Wildman–Crippen MR) is 141 cm³/mol. The van der Waals surface area contributed by atoms with Gasteiger partial charge in [0.05, 0.1) is 18.3 Å². The van der Waals surface area contributed by atoms with Crippen LogP contribution in [0.5, 0.6) is 0 Å². The van der Waals surface area contributed by atoms with Crippen LogP contribution in [0.25, 0.3) is 0 Å². The number of thioether (sulfide) groups is 1. The molecule has 1 aliphatic rings. The molecule has 0 saturated heterocycles. The van der Waals surface area contributed by atoms with Crippen molar-refractivity contribution in [2.24, 2.45) is 5.92 Å². The van der Waals surface area contributed by atoms with E-state index in [4.69, 9.17) is 0 Å². The molecule has 0 radical (unpaired) electrons. The van der Waals surface area contributed by atoms with Crippen LogP contribution in [-0.2, 0) is 16.0 Å². The summed E-state index contributed by atoms with van der Waals surface area (Å²) in [4.78, 5) is 33.0. The standard InChI is InChI=1S/C28H32N2O2S2/c1-20(2)17-29(27(32)19-34-22-10-5-4-6-11-22)18-26(31)30-15-13-25-24(14-16-33-25)28(30)23-12-8-7-9-21(23)3/h4-12,14,16,20,28H,13,15,17-19H2,1-3H3. The number of nitrogens with zero attached hydrogens (tertiary/aromatic N) is 2. The van der Waals surface area contributed by atoms with Crippen molar-refractivity contribution in [1.29, 1.82) is 0 Å². The summed E-state index contributed by atoms with van der Waals surface area (Å²) in [6.45, 7) is 7.65. The minimum Gasteiger partial charge on any atom is -0.332 e. The lowest BCUT2D eigenvalue weighted by Crippen LogP contribution is -2.48. The second-order valence-corrected chi connectivity index (χ2v) is 11.2. The Bertz CT molecular complexity index is 1130. The monoisotopic (exact) mass is 492 g/mol. The van der Waals surface area contributed by atoms with E-state index >= 15 is 0 Å². The van der Waals surface area contributed by atoms with Crippen LogP contribution in [0, 0.1) is 12.8 Å². The normalized spacial score (nSPS) is 15.3. The van der Waals surface area contributed by atoms with E-state index in [0.717, 1.165) is 16.9 Å². The van der Waals surface area contributed by atoms with Crippen molar-refractivity contribution in [2.75, 3.05) is 25.4 Å². The third-order valence-corrected chi connectivity index (χ3v) is 8.13. The van der Waals surface area contributed by atoms with Crippen LogP contribution < -0.4 is 0 Å². The fourth-order valence-corrected chi connectivity index (χ4v) is 6.24. The zero-order valence-corrected chi connectivity index (χ0v) is 21.7. The summed E-state index contributed by atoms with van der Waals surface area (Å²) in [7, 11) is 0. The van der Waals surface area contributed by atoms with Gasteiger partial charge in [-0.3, -0.25) is 9.59 Å². The van der Waals surface area contributed by atoms with Gasteiger partial charge < -0.3 is 9.80 Å². The van der Waals surface area contributed by atoms with Gasteiger partial charge in [0.2, 0.25) is 11.8 Å². The Labute approximate surface area is 211 Å². The van der Waals surface area contributed by atoms with Gasteiger partial charge in [-0.25, -0.2) is 0 Å². The topological polar surface area (TPSA) is 40.6 Å². The summed E-state index contributed by atoms with van der Waals surface area (Å²) in [5.41, 5.74) is 3.57. The van der Waals surface area contributed by atoms with E-state index in [-0.39, 0.29) is 30.3 Å². The average Bonchev–Trinajstić information content (AvgIpc) is 3.31. The molecule has 1 aliphatic heterocycles. The van der Waals surface area contributed by atoms with Gasteiger partial charge in [-0.2, -0.15) is 0 Å². The third-order valence-electron chi connectivity index (χ3n) is 6.14. The molecule has 34 heavy (non-hydrogen) atoms. The molecule has 6 heteroatoms. The Morgan fingerprint density at radius 2 is 1.79 bits per heavy atom. The average molecular weight is 493 g/mol. The number of fused-ring (bicyclic) bond motifs is 1. The van der Waals surface area contributed by atoms with Gasteiger partial charge in [0.25, 0.3) is 0 Å². The predicted octanol–water partition coefficient (Wildman–Crippen LogP) is 5.81. The van der Waals surface area contributed by atoms with Crippen LogP contribution in [-0.4, -0.2) is 47.0 Å². The van der Waals surface area contributed by atoms with Crippen LogP contribution in [0.3, 0.4) is 0 Å². The Morgan fingerprint density at radius 3 is 2.53 bits per heavy atom. The van der Waals surface area contributed by atoms with Crippen molar-refractivity contribution in [3.8, 4) is 0 Å². The fourth-order valence-electron chi connectivity index (χ4n) is 4.52. The lowest BCUT2D eigenvalue weighted by molar-refractivity contribution is -0.140. The molecule has 1 atom stereocenters. The Balaban J connectivity index is 1.54. The molecule has 4 rings (SSSR count). The first-order chi connectivity index (χ1) is 16.4. The summed E-state index contributed by atoms with van der Waals surface area (Å²) in [5, 5.41) is 2.12. The first-order valence-corrected chi connectivity index (χ1v) is 13.7. The van der Waals surface area contributed by atoms with Crippen LogP contribution in [0.15, 0.2) is 70.9 Å². The van der Waals surface area contributed by atoms with Crippen molar-refractivity contribution in [1.82, 2.24) is 9.80 Å². The number of rotatable bonds is 8. The van der Waals surface area contributed by atoms with Gasteiger partial charge >= 0.3 is 0 Å². The molecule has 4 nitrogen and oxygen atoms in total. The SMILES string of the molecule is Cc1ccccc1C1c2ccsc2CCN1C(=O)CN(CC(C)C)C(=O)CSc1ccccc1. The number of amides is 2. The number of thiophene rings is 1. The van der Waals surface area contributed by atoms with Gasteiger partial charge in [0.15, 0.2) is 0 Å². The number of carbonyl (C=O) groups is 2. The lowest BCUT2D eigenvalue weighted by Gasteiger charge is -2.38. The first-order valence-electron chi connectivity index (χ1n) is 11.8. The summed E-state index contributed by atoms with van der Waals surface area (Å²) in [6.07, 6.45) is 0.864. The summed E-state index contributed by atoms with van der Waals surface area (Å²) in [5.74, 6) is 0.649. The number of aryl methyl sites for hydroxylation is 1. The van der Waals surface area contributed by atoms with Crippen LogP contribution in [0.1, 0.15) is 41.5 Å². The number of hydrogen-bond donors (Lipinski definition) is 0. The number of carbonyl (C=O) groups excluding carboxylic acids is 2. The molecular formula is C28H32N2O2S2. The highest BCUT2D eigenvalue weighted by molar-refractivity contribution is 8.00. The van der Waals surface area contributed by atoms with Gasteiger partial charge in [-0.1, -0.05) is 56.3 Å². The molecule has 0 bridgehead atoms. The van der Waals surface area contributed by atoms with Crippen molar-refractivity contribution < 1.29 is 9.59 Å². The van der Waals surface area contributed by atoms with Gasteiger partial charge in [0, 0.05) is 22.9 Å². The molecule has 0 spiro atoms. The molecule has 2 amide bonds. The van der Waals surface area contributed by atoms with Crippen molar-refractivity contribution in [3.05, 3.63) is 87.6 Å². The molecular weight excluding hydrogens is 460 g/mol. The Hall–Kier alpha value is -2.57. The smallest absolute Gasteiger partial charge is 0.242 e. The largest absolute Gasteiger partial charge is 0.332 e. The maximum atomic E-state index is 13.7. The maximum absolute atomic E-state index is 13.7. The second kappa shape index (κ2) is 11.2. The summed E-state index contributed by atoms with van der Waals surface area (Å²) >= 11 is 3.29. The highest BCUT2D eigenvalue weighted by Gasteiger charge is 2.34. The minimum atomic E-state index is -0.0987. The molecule has 3 aromatic rings. The fraction of sp³-hybridized carbons (Fsp3) is 0.357. The Kier molecular flexibility index (Phi) is 8.11. The molecule has 0 saturated carbocycles. The lowest BCUT2D eigenvalue weighted by atomic mass is 9.90. The van der Waals surface area contributed by atoms with E-state index in [1.54, 1.807) is 16.2 Å². The quantitative estimate of drug-likeness (QED) is 0.373. The zero-order valence-electron chi connectivity index (χ0n) is 20.1. The van der Waals surface area contributed by atoms with Crippen molar-refractivity contribution in [2.45, 2.75) is 38.1 Å². The van der Waals surface area contributed by atoms with Gasteiger partial charge in [-0.15, -0.1) is 23.1 Å². The summed E-state index contributed by atoms with van der Waals surface area (Å²) < 4.78 is 0. The molecule has 0 N–H and O–H groups in total. The van der Waals surface area contributed by atoms with Crippen molar-refractivity contribution in [3.63, 3.8) is 0 Å². The van der Waals surface area contributed by atoms with E-state index in [0.29, 0.717) is 18.8 Å². The molecule has 178 valence electrons. The molecule has 2 heterocycles. The van der Waals surface area contributed by atoms with Crippen molar-refractivity contribution >= 4 is 34.9 Å².